The SMILES string of the molecule is CC(C)(C)Cc1cc(-c2[c-]cccc2)ncc1[Si](C)(C)C.[2H]C(C)(C)c1ccnc(-c2[c-]ccc3c2sc2cc(F)ccc23)c1.[Ir]. The maximum absolute atomic E-state index is 13.5. The molecule has 1 radical (unpaired) electrons. The largest absolute Gasteiger partial charge is 0.305 e. The molecule has 45 heavy (non-hydrogen) atoms. The van der Waals surface area contributed by atoms with Crippen molar-refractivity contribution in [2.75, 3.05) is 0 Å². The van der Waals surface area contributed by atoms with Gasteiger partial charge in [0.2, 0.25) is 0 Å². The number of fused-ring (bicyclic) bond motifs is 3. The Morgan fingerprint density at radius 2 is 1.69 bits per heavy atom. The predicted molar refractivity (Wildman–Crippen MR) is 190 cm³/mol. The van der Waals surface area contributed by atoms with Crippen molar-refractivity contribution in [3.05, 3.63) is 114 Å². The van der Waals surface area contributed by atoms with Crippen LogP contribution < -0.4 is 5.19 Å². The van der Waals surface area contributed by atoms with Crippen molar-refractivity contribution in [3.63, 3.8) is 0 Å². The Labute approximate surface area is 287 Å². The molecule has 6 aromatic rings. The van der Waals surface area contributed by atoms with Crippen LogP contribution in [0.4, 0.5) is 4.39 Å². The molecule has 6 heteroatoms. The molecule has 3 aromatic carbocycles. The van der Waals surface area contributed by atoms with Gasteiger partial charge in [0.1, 0.15) is 5.82 Å². The van der Waals surface area contributed by atoms with Gasteiger partial charge in [-0.05, 0) is 62.6 Å². The molecule has 0 spiro atoms. The molecular formula is C39H41FIrN2SSi-2. The normalized spacial score (nSPS) is 12.3. The second-order valence-electron chi connectivity index (χ2n) is 13.8. The van der Waals surface area contributed by atoms with E-state index in [1.165, 1.54) is 16.8 Å². The summed E-state index contributed by atoms with van der Waals surface area (Å²) in [6.07, 6.45) is 4.94. The second kappa shape index (κ2) is 14.2. The first kappa shape index (κ1) is 33.3. The third-order valence-electron chi connectivity index (χ3n) is 7.49. The van der Waals surface area contributed by atoms with Gasteiger partial charge in [-0.3, -0.25) is 0 Å². The van der Waals surface area contributed by atoms with Crippen LogP contribution in [0.2, 0.25) is 19.6 Å². The van der Waals surface area contributed by atoms with Crippen LogP contribution in [-0.2, 0) is 26.5 Å². The maximum atomic E-state index is 13.5. The number of benzene rings is 3. The Morgan fingerprint density at radius 1 is 0.911 bits per heavy atom. The molecule has 2 nitrogen and oxygen atoms in total. The number of rotatable bonds is 5. The van der Waals surface area contributed by atoms with E-state index in [9.17, 15) is 4.39 Å². The van der Waals surface area contributed by atoms with Gasteiger partial charge in [-0.1, -0.05) is 89.0 Å². The summed E-state index contributed by atoms with van der Waals surface area (Å²) in [5.74, 6) is -0.912. The van der Waals surface area contributed by atoms with Gasteiger partial charge >= 0.3 is 0 Å². The van der Waals surface area contributed by atoms with Crippen molar-refractivity contribution in [2.24, 2.45) is 5.41 Å². The predicted octanol–water partition coefficient (Wildman–Crippen LogP) is 10.9. The van der Waals surface area contributed by atoms with Crippen molar-refractivity contribution in [2.45, 2.75) is 66.6 Å². The average molecular weight is 810 g/mol. The molecule has 0 aliphatic carbocycles. The van der Waals surface area contributed by atoms with Gasteiger partial charge in [-0.2, -0.15) is 11.3 Å². The fraction of sp³-hybridized carbons (Fsp3) is 0.282. The Hall–Kier alpha value is -3.02. The molecule has 0 saturated carbocycles. The number of aromatic nitrogens is 2. The first-order valence-corrected chi connectivity index (χ1v) is 19.4. The first-order valence-electron chi connectivity index (χ1n) is 15.6. The van der Waals surface area contributed by atoms with Gasteiger partial charge in [0.15, 0.2) is 0 Å². The van der Waals surface area contributed by atoms with Gasteiger partial charge in [0.05, 0.1) is 8.07 Å². The van der Waals surface area contributed by atoms with E-state index in [0.29, 0.717) is 0 Å². The van der Waals surface area contributed by atoms with Crippen LogP contribution in [0.1, 0.15) is 53.0 Å². The summed E-state index contributed by atoms with van der Waals surface area (Å²) in [6.45, 7) is 17.8. The molecule has 3 aromatic heterocycles. The maximum Gasteiger partial charge on any atom is 0.124 e. The van der Waals surface area contributed by atoms with E-state index >= 15 is 0 Å². The molecule has 3 heterocycles. The molecule has 0 atom stereocenters. The Balaban J connectivity index is 0.000000207. The second-order valence-corrected chi connectivity index (χ2v) is 19.8. The molecule has 6 rings (SSSR count). The molecule has 0 fully saturated rings. The average Bonchev–Trinajstić information content (AvgIpc) is 3.34. The summed E-state index contributed by atoms with van der Waals surface area (Å²) in [5.41, 5.74) is 6.47. The fourth-order valence-electron chi connectivity index (χ4n) is 5.37. The van der Waals surface area contributed by atoms with Crippen molar-refractivity contribution in [3.8, 4) is 22.5 Å². The van der Waals surface area contributed by atoms with E-state index in [1.54, 1.807) is 23.6 Å². The zero-order valence-corrected chi connectivity index (χ0v) is 31.5. The van der Waals surface area contributed by atoms with E-state index < -0.39 is 14.0 Å². The van der Waals surface area contributed by atoms with E-state index in [-0.39, 0.29) is 31.3 Å². The van der Waals surface area contributed by atoms with E-state index in [1.807, 2.05) is 62.4 Å². The Morgan fingerprint density at radius 3 is 2.36 bits per heavy atom. The number of hydrogen-bond acceptors (Lipinski definition) is 3. The summed E-state index contributed by atoms with van der Waals surface area (Å²) in [5, 5.41) is 3.61. The molecule has 235 valence electrons. The molecule has 0 aliphatic rings. The van der Waals surface area contributed by atoms with Crippen LogP contribution >= 0.6 is 11.3 Å². The standard InChI is InChI=1S/C20H15FNS.C19H26NSi.Ir/c1-12(2)13-8-9-22-18(10-13)17-5-3-4-16-15-7-6-14(21)11-19(15)23-20(16)17;1-19(2,3)13-16-12-17(15-10-8-7-9-11-15)20-14-18(16)21(4,5)6;/h3-4,6-12H,1-2H3;7-10,12,14H,13H2,1-6H3;/q2*-1;/i12D;;. The van der Waals surface area contributed by atoms with E-state index in [0.717, 1.165) is 54.7 Å². The van der Waals surface area contributed by atoms with Crippen molar-refractivity contribution in [1.29, 1.82) is 0 Å². The minimum atomic E-state index is -1.37. The summed E-state index contributed by atoms with van der Waals surface area (Å²) in [7, 11) is -1.37. The van der Waals surface area contributed by atoms with Crippen molar-refractivity contribution in [1.82, 2.24) is 9.97 Å². The fourth-order valence-corrected chi connectivity index (χ4v) is 8.18. The first-order chi connectivity index (χ1) is 21.1. The van der Waals surface area contributed by atoms with Crippen LogP contribution in [-0.4, -0.2) is 18.0 Å². The minimum absolute atomic E-state index is 0. The van der Waals surface area contributed by atoms with Gasteiger partial charge in [-0.15, -0.1) is 59.7 Å². The van der Waals surface area contributed by atoms with Crippen LogP contribution in [0.25, 0.3) is 42.7 Å². The zero-order valence-electron chi connectivity index (χ0n) is 28.3. The van der Waals surface area contributed by atoms with Gasteiger partial charge < -0.3 is 9.97 Å². The van der Waals surface area contributed by atoms with Crippen LogP contribution in [0.15, 0.2) is 85.2 Å². The number of hydrogen-bond donors (Lipinski definition) is 0. The van der Waals surface area contributed by atoms with Crippen LogP contribution in [0.5, 0.6) is 0 Å². The monoisotopic (exact) mass is 810 g/mol. The van der Waals surface area contributed by atoms with Crippen molar-refractivity contribution < 1.29 is 25.9 Å². The van der Waals surface area contributed by atoms with E-state index in [4.69, 9.17) is 6.35 Å². The number of thiophene rings is 1. The molecular weight excluding hydrogens is 768 g/mol. The number of pyridine rings is 2. The van der Waals surface area contributed by atoms with Gasteiger partial charge in [0, 0.05) is 38.6 Å². The summed E-state index contributed by atoms with van der Waals surface area (Å²) in [6, 6.07) is 29.5. The molecule has 0 saturated heterocycles. The van der Waals surface area contributed by atoms with E-state index in [2.05, 4.69) is 75.9 Å². The molecule has 0 aliphatic heterocycles. The molecule has 0 bridgehead atoms. The number of halogens is 1. The minimum Gasteiger partial charge on any atom is -0.305 e. The van der Waals surface area contributed by atoms with Crippen molar-refractivity contribution >= 4 is 44.8 Å². The Kier molecular flexibility index (Phi) is 10.5. The van der Waals surface area contributed by atoms with Crippen LogP contribution in [0.3, 0.4) is 0 Å². The summed E-state index contributed by atoms with van der Waals surface area (Å²) < 4.78 is 23.7. The zero-order chi connectivity index (χ0) is 32.6. The summed E-state index contributed by atoms with van der Waals surface area (Å²) >= 11 is 1.55. The smallest absolute Gasteiger partial charge is 0.124 e. The molecule has 0 N–H and O–H groups in total. The topological polar surface area (TPSA) is 25.8 Å². The quantitative estimate of drug-likeness (QED) is 0.128. The number of nitrogens with zero attached hydrogens (tertiary/aromatic N) is 2. The third kappa shape index (κ3) is 8.42. The third-order valence-corrected chi connectivity index (χ3v) is 10.7. The van der Waals surface area contributed by atoms with Gasteiger partial charge in [0.25, 0.3) is 0 Å². The molecule has 0 amide bonds. The van der Waals surface area contributed by atoms with Crippen LogP contribution in [0, 0.1) is 23.4 Å². The summed E-state index contributed by atoms with van der Waals surface area (Å²) in [4.78, 5) is 9.19. The van der Waals surface area contributed by atoms with Gasteiger partial charge in [-0.25, -0.2) is 4.39 Å². The molecule has 0 unspecified atom stereocenters. The Bertz CT molecular complexity index is 1950.